The Morgan fingerprint density at radius 3 is 2.26 bits per heavy atom. The van der Waals surface area contributed by atoms with Gasteiger partial charge in [-0.3, -0.25) is 0 Å². The Labute approximate surface area is 179 Å². The monoisotopic (exact) mass is 415 g/mol. The van der Waals surface area contributed by atoms with E-state index in [0.717, 1.165) is 0 Å². The number of aromatic carboxylic acids is 1. The van der Waals surface area contributed by atoms with Crippen LogP contribution in [0.1, 0.15) is 45.0 Å². The van der Waals surface area contributed by atoms with Crippen LogP contribution in [-0.4, -0.2) is 51.7 Å². The molecule has 2 heterocycles. The molecule has 0 bridgehead atoms. The topological polar surface area (TPSA) is 92.6 Å². The summed E-state index contributed by atoms with van der Waals surface area (Å²) in [5.74, 6) is -0.690. The Kier molecular flexibility index (Phi) is 4.66. The Morgan fingerprint density at radius 2 is 1.65 bits per heavy atom. The molecule has 0 atom stereocenters. The number of fused-ring (bicyclic) bond motifs is 3. The number of carbonyl (C=O) groups excluding carboxylic acids is 1. The quantitative estimate of drug-likeness (QED) is 0.696. The van der Waals surface area contributed by atoms with E-state index >= 15 is 0 Å². The second-order valence-electron chi connectivity index (χ2n) is 7.96. The van der Waals surface area contributed by atoms with Crippen molar-refractivity contribution in [3.63, 3.8) is 0 Å². The molecule has 1 fully saturated rings. The molecule has 1 N–H and O–H groups in total. The molecule has 1 aromatic heterocycles. The average molecular weight is 415 g/mol. The smallest absolute Gasteiger partial charge is 0.409 e. The number of likely N-dealkylation sites (tertiary alicyclic amines) is 1. The summed E-state index contributed by atoms with van der Waals surface area (Å²) >= 11 is 0. The van der Waals surface area contributed by atoms with Gasteiger partial charge in [0.05, 0.1) is 5.92 Å². The molecule has 0 spiro atoms. The van der Waals surface area contributed by atoms with Crippen molar-refractivity contribution in [3.8, 4) is 11.1 Å². The number of carboxylic acids is 1. The number of aromatic nitrogens is 2. The molecule has 0 radical (unpaired) electrons. The van der Waals surface area contributed by atoms with Crippen LogP contribution in [0, 0.1) is 6.92 Å². The predicted molar refractivity (Wildman–Crippen MR) is 113 cm³/mol. The van der Waals surface area contributed by atoms with Crippen molar-refractivity contribution in [1.82, 2.24) is 14.9 Å². The fraction of sp³-hybridized carbons (Fsp3) is 0.250. The zero-order valence-electron chi connectivity index (χ0n) is 17.0. The zero-order chi connectivity index (χ0) is 21.5. The average Bonchev–Trinajstić information content (AvgIpc) is 3.04. The van der Waals surface area contributed by atoms with Crippen LogP contribution in [0.4, 0.5) is 4.79 Å². The number of hydrogen-bond acceptors (Lipinski definition) is 5. The summed E-state index contributed by atoms with van der Waals surface area (Å²) in [6.07, 6.45) is -0.371. The van der Waals surface area contributed by atoms with Crippen molar-refractivity contribution < 1.29 is 19.4 Å². The van der Waals surface area contributed by atoms with E-state index < -0.39 is 5.97 Å². The summed E-state index contributed by atoms with van der Waals surface area (Å²) in [6, 6.07) is 17.9. The lowest BCUT2D eigenvalue weighted by Gasteiger charge is -2.37. The van der Waals surface area contributed by atoms with Crippen LogP contribution in [-0.2, 0) is 4.74 Å². The van der Waals surface area contributed by atoms with Crippen molar-refractivity contribution in [2.75, 3.05) is 19.7 Å². The summed E-state index contributed by atoms with van der Waals surface area (Å²) in [6.45, 7) is 2.84. The number of aryl methyl sites for hydroxylation is 1. The highest BCUT2D eigenvalue weighted by molar-refractivity contribution is 5.85. The highest BCUT2D eigenvalue weighted by Gasteiger charge is 2.36. The summed E-state index contributed by atoms with van der Waals surface area (Å²) in [7, 11) is 0. The molecule has 156 valence electrons. The van der Waals surface area contributed by atoms with Gasteiger partial charge < -0.3 is 14.7 Å². The number of hydrogen-bond donors (Lipinski definition) is 1. The SMILES string of the molecule is Cc1cc(C(=O)O)nc(C2CN(C(=O)OCC3c4ccccc4-c4ccccc43)C2)n1. The fourth-order valence-corrected chi connectivity index (χ4v) is 4.36. The highest BCUT2D eigenvalue weighted by atomic mass is 16.6. The van der Waals surface area contributed by atoms with Crippen LogP contribution in [0.2, 0.25) is 0 Å². The van der Waals surface area contributed by atoms with E-state index in [1.165, 1.54) is 28.3 Å². The van der Waals surface area contributed by atoms with Gasteiger partial charge in [0, 0.05) is 24.7 Å². The van der Waals surface area contributed by atoms with E-state index in [4.69, 9.17) is 4.74 Å². The molecular formula is C24H21N3O4. The number of carbonyl (C=O) groups is 2. The van der Waals surface area contributed by atoms with Gasteiger partial charge in [-0.2, -0.15) is 0 Å². The van der Waals surface area contributed by atoms with Crippen molar-refractivity contribution in [2.24, 2.45) is 0 Å². The van der Waals surface area contributed by atoms with Crippen LogP contribution < -0.4 is 0 Å². The summed E-state index contributed by atoms with van der Waals surface area (Å²) < 4.78 is 5.67. The minimum atomic E-state index is -1.08. The van der Waals surface area contributed by atoms with Crippen LogP contribution in [0.5, 0.6) is 0 Å². The lowest BCUT2D eigenvalue weighted by atomic mass is 9.98. The number of amides is 1. The van der Waals surface area contributed by atoms with E-state index in [2.05, 4.69) is 34.2 Å². The lowest BCUT2D eigenvalue weighted by Crippen LogP contribution is -2.49. The van der Waals surface area contributed by atoms with Gasteiger partial charge in [0.15, 0.2) is 5.69 Å². The van der Waals surface area contributed by atoms with Gasteiger partial charge in [0.2, 0.25) is 0 Å². The third-order valence-electron chi connectivity index (χ3n) is 5.93. The third kappa shape index (κ3) is 3.42. The van der Waals surface area contributed by atoms with Crippen molar-refractivity contribution in [1.29, 1.82) is 0 Å². The van der Waals surface area contributed by atoms with Gasteiger partial charge >= 0.3 is 12.1 Å². The lowest BCUT2D eigenvalue weighted by molar-refractivity contribution is 0.0659. The van der Waals surface area contributed by atoms with Crippen molar-refractivity contribution in [2.45, 2.75) is 18.8 Å². The summed E-state index contributed by atoms with van der Waals surface area (Å²) in [5.41, 5.74) is 5.30. The summed E-state index contributed by atoms with van der Waals surface area (Å²) in [4.78, 5) is 33.9. The number of benzene rings is 2. The second-order valence-corrected chi connectivity index (χ2v) is 7.96. The number of rotatable bonds is 4. The molecule has 1 aliphatic heterocycles. The van der Waals surface area contributed by atoms with Gasteiger partial charge in [-0.25, -0.2) is 19.6 Å². The number of carboxylic acid groups (broad SMARTS) is 1. The Bertz CT molecular complexity index is 1140. The van der Waals surface area contributed by atoms with Crippen LogP contribution in [0.3, 0.4) is 0 Å². The molecule has 31 heavy (non-hydrogen) atoms. The highest BCUT2D eigenvalue weighted by Crippen LogP contribution is 2.44. The van der Waals surface area contributed by atoms with Gasteiger partial charge in [0.1, 0.15) is 12.4 Å². The molecule has 5 rings (SSSR count). The predicted octanol–water partition coefficient (Wildman–Crippen LogP) is 3.83. The Morgan fingerprint density at radius 1 is 1.03 bits per heavy atom. The van der Waals surface area contributed by atoms with E-state index in [-0.39, 0.29) is 30.2 Å². The number of nitrogens with zero attached hydrogens (tertiary/aromatic N) is 3. The Hall–Kier alpha value is -3.74. The minimum Gasteiger partial charge on any atom is -0.477 e. The van der Waals surface area contributed by atoms with Gasteiger partial charge in [-0.05, 0) is 35.2 Å². The maximum Gasteiger partial charge on any atom is 0.409 e. The van der Waals surface area contributed by atoms with E-state index in [0.29, 0.717) is 24.6 Å². The molecular weight excluding hydrogens is 394 g/mol. The molecule has 1 amide bonds. The molecule has 1 aliphatic carbocycles. The molecule has 3 aromatic rings. The van der Waals surface area contributed by atoms with Crippen LogP contribution >= 0.6 is 0 Å². The first-order chi connectivity index (χ1) is 15.0. The molecule has 2 aromatic carbocycles. The van der Waals surface area contributed by atoms with E-state index in [1.807, 2.05) is 24.3 Å². The molecule has 2 aliphatic rings. The summed E-state index contributed by atoms with van der Waals surface area (Å²) in [5, 5.41) is 9.18. The van der Waals surface area contributed by atoms with E-state index in [1.54, 1.807) is 11.8 Å². The van der Waals surface area contributed by atoms with Gasteiger partial charge in [-0.15, -0.1) is 0 Å². The zero-order valence-corrected chi connectivity index (χ0v) is 17.0. The maximum atomic E-state index is 12.6. The molecule has 0 saturated carbocycles. The first-order valence-electron chi connectivity index (χ1n) is 10.2. The van der Waals surface area contributed by atoms with Crippen LogP contribution in [0.25, 0.3) is 11.1 Å². The first-order valence-corrected chi connectivity index (χ1v) is 10.2. The van der Waals surface area contributed by atoms with Crippen LogP contribution in [0.15, 0.2) is 54.6 Å². The van der Waals surface area contributed by atoms with Crippen molar-refractivity contribution >= 4 is 12.1 Å². The molecule has 7 nitrogen and oxygen atoms in total. The number of ether oxygens (including phenoxy) is 1. The van der Waals surface area contributed by atoms with Gasteiger partial charge in [0.25, 0.3) is 0 Å². The first kappa shape index (κ1) is 19.2. The normalized spacial score (nSPS) is 15.2. The maximum absolute atomic E-state index is 12.6. The van der Waals surface area contributed by atoms with Crippen molar-refractivity contribution in [3.05, 3.63) is 82.9 Å². The van der Waals surface area contributed by atoms with Gasteiger partial charge in [-0.1, -0.05) is 48.5 Å². The Balaban J connectivity index is 1.24. The standard InChI is InChI=1S/C24H21N3O4/c1-14-10-21(23(28)29)26-22(25-14)15-11-27(12-15)24(30)31-13-20-18-8-4-2-6-16(18)17-7-3-5-9-19(17)20/h2-10,15,20H,11-13H2,1H3,(H,28,29). The second kappa shape index (κ2) is 7.50. The molecule has 0 unspecified atom stereocenters. The molecule has 1 saturated heterocycles. The molecule has 7 heteroatoms. The largest absolute Gasteiger partial charge is 0.477 e. The fourth-order valence-electron chi connectivity index (χ4n) is 4.36. The van der Waals surface area contributed by atoms with E-state index in [9.17, 15) is 14.7 Å². The third-order valence-corrected chi connectivity index (χ3v) is 5.93. The minimum absolute atomic E-state index is 0.0201.